The van der Waals surface area contributed by atoms with Crippen molar-refractivity contribution in [2.75, 3.05) is 4.72 Å². The van der Waals surface area contributed by atoms with Crippen LogP contribution in [0.3, 0.4) is 0 Å². The molecular weight excluding hydrogens is 327 g/mol. The first-order chi connectivity index (χ1) is 8.94. The molecule has 0 aliphatic carbocycles. The zero-order valence-electron chi connectivity index (χ0n) is 9.56. The molecule has 8 heteroatoms. The van der Waals surface area contributed by atoms with Gasteiger partial charge in [0.05, 0.1) is 10.7 Å². The van der Waals surface area contributed by atoms with Gasteiger partial charge in [-0.1, -0.05) is 23.2 Å². The number of nitrogens with one attached hydrogen (secondary N) is 1. The first-order valence-corrected chi connectivity index (χ1v) is 8.30. The molecule has 102 valence electrons. The zero-order valence-corrected chi connectivity index (χ0v) is 12.7. The fourth-order valence-electron chi connectivity index (χ4n) is 1.49. The van der Waals surface area contributed by atoms with Crippen molar-refractivity contribution < 1.29 is 8.42 Å². The van der Waals surface area contributed by atoms with Crippen LogP contribution in [0.1, 0.15) is 4.88 Å². The summed E-state index contributed by atoms with van der Waals surface area (Å²) in [6, 6.07) is 6.05. The highest BCUT2D eigenvalue weighted by Crippen LogP contribution is 2.29. The molecule has 0 aliphatic rings. The molecule has 0 saturated heterocycles. The van der Waals surface area contributed by atoms with Gasteiger partial charge in [-0.25, -0.2) is 8.42 Å². The van der Waals surface area contributed by atoms with Gasteiger partial charge in [0.25, 0.3) is 10.0 Å². The van der Waals surface area contributed by atoms with Crippen LogP contribution in [0.2, 0.25) is 10.0 Å². The van der Waals surface area contributed by atoms with E-state index in [1.807, 2.05) is 0 Å². The van der Waals surface area contributed by atoms with Crippen molar-refractivity contribution in [1.82, 2.24) is 0 Å². The minimum atomic E-state index is -3.70. The number of hydrogen-bond acceptors (Lipinski definition) is 4. The molecule has 19 heavy (non-hydrogen) atoms. The maximum atomic E-state index is 12.2. The predicted octanol–water partition coefficient (Wildman–Crippen LogP) is 3.31. The number of halogens is 2. The minimum absolute atomic E-state index is 0.169. The van der Waals surface area contributed by atoms with Gasteiger partial charge in [0.2, 0.25) is 0 Å². The Kier molecular flexibility index (Phi) is 4.37. The summed E-state index contributed by atoms with van der Waals surface area (Å²) in [4.78, 5) is 0.767. The number of anilines is 1. The van der Waals surface area contributed by atoms with E-state index in [2.05, 4.69) is 4.72 Å². The monoisotopic (exact) mass is 336 g/mol. The van der Waals surface area contributed by atoms with Crippen LogP contribution in [0.4, 0.5) is 5.69 Å². The van der Waals surface area contributed by atoms with E-state index < -0.39 is 10.0 Å². The summed E-state index contributed by atoms with van der Waals surface area (Å²) in [5.41, 5.74) is 5.79. The summed E-state index contributed by atoms with van der Waals surface area (Å²) in [6.07, 6.45) is 0. The molecule has 0 atom stereocenters. The number of nitrogens with two attached hydrogens (primary N) is 1. The molecule has 1 aromatic carbocycles. The molecule has 4 nitrogen and oxygen atoms in total. The van der Waals surface area contributed by atoms with Crippen LogP contribution < -0.4 is 10.5 Å². The van der Waals surface area contributed by atoms with Crippen LogP contribution in [0, 0.1) is 0 Å². The van der Waals surface area contributed by atoms with Gasteiger partial charge in [-0.2, -0.15) is 0 Å². The molecule has 0 bridgehead atoms. The Balaban J connectivity index is 2.37. The van der Waals surface area contributed by atoms with Crippen molar-refractivity contribution in [3.63, 3.8) is 0 Å². The molecule has 0 amide bonds. The molecule has 0 spiro atoms. The number of benzene rings is 1. The van der Waals surface area contributed by atoms with E-state index in [0.29, 0.717) is 9.90 Å². The van der Waals surface area contributed by atoms with Crippen LogP contribution in [0.15, 0.2) is 34.5 Å². The third-order valence-electron chi connectivity index (χ3n) is 2.35. The first kappa shape index (κ1) is 14.6. The molecule has 3 N–H and O–H groups in total. The van der Waals surface area contributed by atoms with Crippen LogP contribution in [-0.4, -0.2) is 8.42 Å². The lowest BCUT2D eigenvalue weighted by Gasteiger charge is -2.10. The van der Waals surface area contributed by atoms with Crippen molar-refractivity contribution in [3.05, 3.63) is 44.6 Å². The van der Waals surface area contributed by atoms with Gasteiger partial charge in [-0.3, -0.25) is 4.72 Å². The molecular formula is C11H10Cl2N2O2S2. The second-order valence-corrected chi connectivity index (χ2v) is 7.14. The van der Waals surface area contributed by atoms with Gasteiger partial charge in [-0.05, 0) is 29.6 Å². The summed E-state index contributed by atoms with van der Waals surface area (Å²) < 4.78 is 26.9. The fraction of sp³-hybridized carbons (Fsp3) is 0.0909. The van der Waals surface area contributed by atoms with Gasteiger partial charge < -0.3 is 5.73 Å². The fourth-order valence-corrected chi connectivity index (χ4v) is 4.42. The maximum Gasteiger partial charge on any atom is 0.263 e. The minimum Gasteiger partial charge on any atom is -0.326 e. The average molecular weight is 337 g/mol. The summed E-state index contributed by atoms with van der Waals surface area (Å²) in [7, 11) is -3.70. The van der Waals surface area contributed by atoms with Crippen molar-refractivity contribution in [2.45, 2.75) is 11.4 Å². The third kappa shape index (κ3) is 3.21. The van der Waals surface area contributed by atoms with Gasteiger partial charge in [0, 0.05) is 16.4 Å². The highest BCUT2D eigenvalue weighted by Gasteiger charge is 2.20. The highest BCUT2D eigenvalue weighted by atomic mass is 35.5. The lowest BCUT2D eigenvalue weighted by molar-refractivity contribution is 0.600. The van der Waals surface area contributed by atoms with Crippen molar-refractivity contribution in [3.8, 4) is 0 Å². The van der Waals surface area contributed by atoms with E-state index in [9.17, 15) is 8.42 Å². The SMILES string of the molecule is NCc1sccc1S(=O)(=O)Nc1ccc(Cl)cc1Cl. The van der Waals surface area contributed by atoms with Crippen LogP contribution in [0.25, 0.3) is 0 Å². The van der Waals surface area contributed by atoms with Gasteiger partial charge >= 0.3 is 0 Å². The average Bonchev–Trinajstić information content (AvgIpc) is 2.82. The van der Waals surface area contributed by atoms with Gasteiger partial charge in [-0.15, -0.1) is 11.3 Å². The Labute approximate surface area is 125 Å². The third-order valence-corrected chi connectivity index (χ3v) is 5.43. The van der Waals surface area contributed by atoms with E-state index in [4.69, 9.17) is 28.9 Å². The molecule has 2 aromatic rings. The van der Waals surface area contributed by atoms with Crippen LogP contribution in [-0.2, 0) is 16.6 Å². The second-order valence-electron chi connectivity index (χ2n) is 3.64. The quantitative estimate of drug-likeness (QED) is 0.899. The van der Waals surface area contributed by atoms with Crippen LogP contribution in [0.5, 0.6) is 0 Å². The van der Waals surface area contributed by atoms with Crippen molar-refractivity contribution in [2.24, 2.45) is 5.73 Å². The molecule has 1 aromatic heterocycles. The Morgan fingerprint density at radius 1 is 1.26 bits per heavy atom. The van der Waals surface area contributed by atoms with E-state index in [1.54, 1.807) is 11.4 Å². The zero-order chi connectivity index (χ0) is 14.0. The first-order valence-electron chi connectivity index (χ1n) is 5.18. The van der Waals surface area contributed by atoms with Gasteiger partial charge in [0.15, 0.2) is 0 Å². The second kappa shape index (κ2) is 5.68. The van der Waals surface area contributed by atoms with E-state index in [-0.39, 0.29) is 22.2 Å². The molecule has 0 unspecified atom stereocenters. The normalized spacial score (nSPS) is 11.5. The molecule has 0 fully saturated rings. The Hall–Kier alpha value is -0.790. The smallest absolute Gasteiger partial charge is 0.263 e. The Bertz CT molecular complexity index is 698. The summed E-state index contributed by atoms with van der Waals surface area (Å²) in [6.45, 7) is 0.169. The highest BCUT2D eigenvalue weighted by molar-refractivity contribution is 7.93. The van der Waals surface area contributed by atoms with E-state index in [0.717, 1.165) is 0 Å². The molecule has 1 heterocycles. The van der Waals surface area contributed by atoms with Gasteiger partial charge in [0.1, 0.15) is 4.90 Å². The number of thiophene rings is 1. The summed E-state index contributed by atoms with van der Waals surface area (Å²) in [5, 5.41) is 2.35. The summed E-state index contributed by atoms with van der Waals surface area (Å²) >= 11 is 13.0. The number of sulfonamides is 1. The largest absolute Gasteiger partial charge is 0.326 e. The standard InChI is InChI=1S/C11H10Cl2N2O2S2/c12-7-1-2-9(8(13)5-7)15-19(16,17)11-3-4-18-10(11)6-14/h1-5,15H,6,14H2. The van der Waals surface area contributed by atoms with E-state index >= 15 is 0 Å². The predicted molar refractivity (Wildman–Crippen MR) is 79.5 cm³/mol. The summed E-state index contributed by atoms with van der Waals surface area (Å²) in [5.74, 6) is 0. The van der Waals surface area contributed by atoms with Crippen LogP contribution >= 0.6 is 34.5 Å². The Morgan fingerprint density at radius 3 is 2.63 bits per heavy atom. The molecule has 0 aliphatic heterocycles. The van der Waals surface area contributed by atoms with Crippen molar-refractivity contribution >= 4 is 50.2 Å². The van der Waals surface area contributed by atoms with Crippen molar-refractivity contribution in [1.29, 1.82) is 0 Å². The van der Waals surface area contributed by atoms with E-state index in [1.165, 1.54) is 29.5 Å². The Morgan fingerprint density at radius 2 is 2.00 bits per heavy atom. The molecule has 0 saturated carbocycles. The maximum absolute atomic E-state index is 12.2. The lowest BCUT2D eigenvalue weighted by Crippen LogP contribution is -2.14. The number of rotatable bonds is 4. The molecule has 0 radical (unpaired) electrons. The lowest BCUT2D eigenvalue weighted by atomic mass is 10.3. The number of hydrogen-bond donors (Lipinski definition) is 2. The molecule has 2 rings (SSSR count). The topological polar surface area (TPSA) is 72.2 Å².